The summed E-state index contributed by atoms with van der Waals surface area (Å²) >= 11 is 1.99. The molecule has 0 aromatic carbocycles. The summed E-state index contributed by atoms with van der Waals surface area (Å²) in [5, 5.41) is 3.36. The molecule has 1 rings (SSSR count). The third-order valence-corrected chi connectivity index (χ3v) is 2.39. The molecule has 1 heterocycles. The normalized spacial score (nSPS) is 22.7. The number of nitrogens with one attached hydrogen (secondary N) is 1. The third-order valence-electron chi connectivity index (χ3n) is 1.12. The van der Waals surface area contributed by atoms with Gasteiger partial charge in [0.15, 0.2) is 0 Å². The Morgan fingerprint density at radius 1 is 1.33 bits per heavy atom. The van der Waals surface area contributed by atoms with Crippen molar-refractivity contribution in [1.29, 1.82) is 0 Å². The van der Waals surface area contributed by atoms with Gasteiger partial charge in [-0.15, -0.1) is 11.8 Å². The molecular formula is C7H17NS. The van der Waals surface area contributed by atoms with Crippen molar-refractivity contribution in [3.8, 4) is 0 Å². The second kappa shape index (κ2) is 4.18. The summed E-state index contributed by atoms with van der Waals surface area (Å²) in [4.78, 5) is 0.361. The van der Waals surface area contributed by atoms with Crippen molar-refractivity contribution in [2.45, 2.75) is 32.6 Å². The van der Waals surface area contributed by atoms with Gasteiger partial charge in [-0.3, -0.25) is 0 Å². The topological polar surface area (TPSA) is 12.0 Å². The van der Waals surface area contributed by atoms with Crippen LogP contribution in [0.1, 0.15) is 27.7 Å². The summed E-state index contributed by atoms with van der Waals surface area (Å²) in [6, 6.07) is 0. The van der Waals surface area contributed by atoms with E-state index < -0.39 is 0 Å². The molecule has 9 heavy (non-hydrogen) atoms. The molecular weight excluding hydrogens is 130 g/mol. The zero-order valence-corrected chi connectivity index (χ0v) is 7.64. The van der Waals surface area contributed by atoms with E-state index in [0.717, 1.165) is 0 Å². The first-order valence-electron chi connectivity index (χ1n) is 3.60. The molecule has 0 saturated carbocycles. The number of rotatable bonds is 0. The highest BCUT2D eigenvalue weighted by Crippen LogP contribution is 2.24. The molecule has 0 aromatic rings. The second-order valence-electron chi connectivity index (χ2n) is 2.29. The van der Waals surface area contributed by atoms with Gasteiger partial charge in [0, 0.05) is 12.3 Å². The fourth-order valence-electron chi connectivity index (χ4n) is 0.709. The van der Waals surface area contributed by atoms with Crippen LogP contribution in [-0.4, -0.2) is 17.2 Å². The summed E-state index contributed by atoms with van der Waals surface area (Å²) in [5.74, 6) is 1.27. The van der Waals surface area contributed by atoms with Crippen LogP contribution in [0.15, 0.2) is 0 Å². The van der Waals surface area contributed by atoms with E-state index in [-0.39, 0.29) is 0 Å². The zero-order valence-electron chi connectivity index (χ0n) is 6.82. The Balaban J connectivity index is 0.000000291. The maximum absolute atomic E-state index is 3.36. The van der Waals surface area contributed by atoms with Gasteiger partial charge in [-0.05, 0) is 13.8 Å². The molecule has 1 fully saturated rings. The Labute approximate surface area is 62.6 Å². The predicted molar refractivity (Wildman–Crippen MR) is 45.9 cm³/mol. The highest BCUT2D eigenvalue weighted by molar-refractivity contribution is 8.00. The van der Waals surface area contributed by atoms with Crippen LogP contribution in [-0.2, 0) is 0 Å². The van der Waals surface area contributed by atoms with E-state index in [1.54, 1.807) is 0 Å². The van der Waals surface area contributed by atoms with Gasteiger partial charge >= 0.3 is 0 Å². The minimum Gasteiger partial charge on any atom is -0.302 e. The minimum atomic E-state index is 0.361. The van der Waals surface area contributed by atoms with E-state index in [1.807, 2.05) is 25.6 Å². The van der Waals surface area contributed by atoms with Gasteiger partial charge in [0.25, 0.3) is 0 Å². The summed E-state index contributed by atoms with van der Waals surface area (Å²) in [6.45, 7) is 9.60. The van der Waals surface area contributed by atoms with Gasteiger partial charge in [0.2, 0.25) is 0 Å². The molecule has 0 aromatic heterocycles. The molecule has 1 aliphatic rings. The second-order valence-corrected chi connectivity index (χ2v) is 4.00. The van der Waals surface area contributed by atoms with Crippen LogP contribution in [0.5, 0.6) is 0 Å². The van der Waals surface area contributed by atoms with Crippen molar-refractivity contribution in [2.24, 2.45) is 0 Å². The maximum Gasteiger partial charge on any atom is 0.0588 e. The van der Waals surface area contributed by atoms with Crippen molar-refractivity contribution in [2.75, 3.05) is 12.3 Å². The van der Waals surface area contributed by atoms with Crippen LogP contribution in [0.3, 0.4) is 0 Å². The Bertz CT molecular complexity index is 63.3. The summed E-state index contributed by atoms with van der Waals surface area (Å²) < 4.78 is 0. The Morgan fingerprint density at radius 2 is 1.89 bits per heavy atom. The highest BCUT2D eigenvalue weighted by atomic mass is 32.2. The molecule has 0 atom stereocenters. The first kappa shape index (κ1) is 9.31. The lowest BCUT2D eigenvalue weighted by Crippen LogP contribution is -2.29. The number of thioether (sulfide) groups is 1. The first-order chi connectivity index (χ1) is 4.21. The average molecular weight is 147 g/mol. The lowest BCUT2D eigenvalue weighted by atomic mass is 10.4. The molecule has 56 valence electrons. The van der Waals surface area contributed by atoms with Crippen molar-refractivity contribution >= 4 is 11.8 Å². The monoisotopic (exact) mass is 147 g/mol. The molecule has 1 N–H and O–H groups in total. The third kappa shape index (κ3) is 3.82. The molecule has 0 spiro atoms. The van der Waals surface area contributed by atoms with Crippen LogP contribution in [0.4, 0.5) is 0 Å². The lowest BCUT2D eigenvalue weighted by molar-refractivity contribution is 0.594. The first-order valence-corrected chi connectivity index (χ1v) is 4.58. The number of hydrogen-bond acceptors (Lipinski definition) is 2. The molecule has 0 bridgehead atoms. The van der Waals surface area contributed by atoms with Gasteiger partial charge in [0.1, 0.15) is 0 Å². The Hall–Kier alpha value is 0.310. The van der Waals surface area contributed by atoms with Gasteiger partial charge in [-0.2, -0.15) is 0 Å². The van der Waals surface area contributed by atoms with Crippen LogP contribution >= 0.6 is 11.8 Å². The molecule has 0 aliphatic carbocycles. The Kier molecular flexibility index (Phi) is 4.32. The van der Waals surface area contributed by atoms with E-state index in [1.165, 1.54) is 12.3 Å². The van der Waals surface area contributed by atoms with E-state index in [4.69, 9.17) is 0 Å². The Morgan fingerprint density at radius 3 is 2.00 bits per heavy atom. The summed E-state index contributed by atoms with van der Waals surface area (Å²) in [5.41, 5.74) is 0. The van der Waals surface area contributed by atoms with Crippen LogP contribution in [0, 0.1) is 0 Å². The standard InChI is InChI=1S/C5H11NS.C2H6/c1-5(2)6-3-4-7-5;1-2/h6H,3-4H2,1-2H3;1-2H3. The largest absolute Gasteiger partial charge is 0.302 e. The van der Waals surface area contributed by atoms with E-state index in [2.05, 4.69) is 19.2 Å². The van der Waals surface area contributed by atoms with Crippen molar-refractivity contribution in [1.82, 2.24) is 5.32 Å². The molecule has 2 heteroatoms. The summed E-state index contributed by atoms with van der Waals surface area (Å²) in [7, 11) is 0. The van der Waals surface area contributed by atoms with E-state index in [9.17, 15) is 0 Å². The van der Waals surface area contributed by atoms with Gasteiger partial charge in [0.05, 0.1) is 4.87 Å². The average Bonchev–Trinajstić information content (AvgIpc) is 2.19. The van der Waals surface area contributed by atoms with Gasteiger partial charge < -0.3 is 5.32 Å². The molecule has 0 radical (unpaired) electrons. The SMILES string of the molecule is CC.CC1(C)NCCS1. The zero-order chi connectivity index (χ0) is 7.33. The van der Waals surface area contributed by atoms with Crippen molar-refractivity contribution in [3.63, 3.8) is 0 Å². The molecule has 1 aliphatic heterocycles. The van der Waals surface area contributed by atoms with Gasteiger partial charge in [-0.25, -0.2) is 0 Å². The number of hydrogen-bond donors (Lipinski definition) is 1. The van der Waals surface area contributed by atoms with E-state index in [0.29, 0.717) is 4.87 Å². The predicted octanol–water partition coefficient (Wildman–Crippen LogP) is 2.09. The highest BCUT2D eigenvalue weighted by Gasteiger charge is 2.21. The fraction of sp³-hybridized carbons (Fsp3) is 1.00. The van der Waals surface area contributed by atoms with E-state index >= 15 is 0 Å². The lowest BCUT2D eigenvalue weighted by Gasteiger charge is -2.14. The quantitative estimate of drug-likeness (QED) is 0.563. The maximum atomic E-state index is 3.36. The van der Waals surface area contributed by atoms with Crippen LogP contribution in [0.25, 0.3) is 0 Å². The van der Waals surface area contributed by atoms with Crippen LogP contribution < -0.4 is 5.32 Å². The molecule has 0 unspecified atom stereocenters. The van der Waals surface area contributed by atoms with Gasteiger partial charge in [-0.1, -0.05) is 13.8 Å². The molecule has 0 amide bonds. The van der Waals surface area contributed by atoms with Crippen LogP contribution in [0.2, 0.25) is 0 Å². The van der Waals surface area contributed by atoms with Crippen molar-refractivity contribution in [3.05, 3.63) is 0 Å². The smallest absolute Gasteiger partial charge is 0.0588 e. The molecule has 1 saturated heterocycles. The fourth-order valence-corrected chi connectivity index (χ4v) is 1.63. The summed E-state index contributed by atoms with van der Waals surface area (Å²) in [6.07, 6.45) is 0. The molecule has 1 nitrogen and oxygen atoms in total. The van der Waals surface area contributed by atoms with Crippen molar-refractivity contribution < 1.29 is 0 Å². The minimum absolute atomic E-state index is 0.361.